The van der Waals surface area contributed by atoms with Gasteiger partial charge in [-0.15, -0.1) is 42.7 Å². The van der Waals surface area contributed by atoms with Crippen LogP contribution < -0.4 is 14.5 Å². The molecule has 0 unspecified atom stereocenters. The summed E-state index contributed by atoms with van der Waals surface area (Å²) in [5.41, 5.74) is 11.1. The van der Waals surface area contributed by atoms with Crippen molar-refractivity contribution in [2.75, 3.05) is 9.80 Å². The number of aromatic nitrogens is 2. The van der Waals surface area contributed by atoms with Crippen molar-refractivity contribution >= 4 is 66.5 Å². The van der Waals surface area contributed by atoms with Gasteiger partial charge in [0.25, 0.3) is 0 Å². The molecule has 0 bridgehead atoms. The maximum Gasteiger partial charge on any atom is 0.135 e. The van der Waals surface area contributed by atoms with Gasteiger partial charge in [0.1, 0.15) is 17.0 Å². The van der Waals surface area contributed by atoms with Gasteiger partial charge in [-0.1, -0.05) is 170 Å². The third-order valence-electron chi connectivity index (χ3n) is 13.8. The third kappa shape index (κ3) is 8.50. The molecule has 0 atom stereocenters. The zero-order chi connectivity index (χ0) is 54.9. The van der Waals surface area contributed by atoms with Crippen LogP contribution in [-0.4, -0.2) is 9.55 Å². The van der Waals surface area contributed by atoms with Gasteiger partial charge in [-0.25, -0.2) is 4.98 Å². The van der Waals surface area contributed by atoms with E-state index in [-0.39, 0.29) is 61.1 Å². The standard InChI is InChI=1S/C66H57N4O2.Pt/c1-64(2,3)44-33-34-67-60(38-44)70-57-32-31-53-52-23-13-16-28-59(52)72-63(53)61(57)54-30-29-49(40-58(54)70)71-48-22-17-21-47(39-48)68-41-69(56-27-15-14-26-55(56)68)62-50(42-19-11-10-12-20-42)24-18-25-51(62)43-35-45(65(4,5)6)37-46(36-43)66(7,8)9;/h10-38,41H,1-9H3;/q-3;/i10D,11D,12D,19D,20D,34D;. The molecular formula is C66H57N4O2Pt-3. The van der Waals surface area contributed by atoms with Gasteiger partial charge in [-0.2, -0.15) is 12.1 Å². The van der Waals surface area contributed by atoms with Crippen LogP contribution in [0.1, 0.15) is 87.2 Å². The van der Waals surface area contributed by atoms with E-state index in [0.717, 1.165) is 77.4 Å². The molecule has 11 aromatic rings. The molecular weight excluding hydrogens is 1080 g/mol. The van der Waals surface area contributed by atoms with E-state index in [1.165, 1.54) is 0 Å². The maximum atomic E-state index is 9.25. The van der Waals surface area contributed by atoms with Gasteiger partial charge in [-0.05, 0) is 91.9 Å². The predicted molar refractivity (Wildman–Crippen MR) is 298 cm³/mol. The molecule has 1 aliphatic rings. The van der Waals surface area contributed by atoms with Gasteiger partial charge in [0.05, 0.1) is 8.22 Å². The quantitative estimate of drug-likeness (QED) is 0.149. The van der Waals surface area contributed by atoms with E-state index in [1.54, 1.807) is 0 Å². The van der Waals surface area contributed by atoms with E-state index in [1.807, 2.05) is 113 Å². The van der Waals surface area contributed by atoms with E-state index >= 15 is 0 Å². The van der Waals surface area contributed by atoms with Crippen molar-refractivity contribution in [3.8, 4) is 39.6 Å². The summed E-state index contributed by atoms with van der Waals surface area (Å²) in [7, 11) is 0. The zero-order valence-corrected chi connectivity index (χ0v) is 44.6. The monoisotopic (exact) mass is 1140 g/mol. The van der Waals surface area contributed by atoms with Crippen molar-refractivity contribution in [2.45, 2.75) is 78.6 Å². The minimum absolute atomic E-state index is 0. The van der Waals surface area contributed by atoms with Crippen molar-refractivity contribution < 1.29 is 38.4 Å². The third-order valence-corrected chi connectivity index (χ3v) is 13.8. The Bertz CT molecular complexity index is 4220. The van der Waals surface area contributed by atoms with Gasteiger partial charge in [0, 0.05) is 83.2 Å². The van der Waals surface area contributed by atoms with Crippen LogP contribution in [0.15, 0.2) is 180 Å². The molecule has 0 spiro atoms. The fraction of sp³-hybridized carbons (Fsp3) is 0.182. The topological polar surface area (TPSA) is 46.7 Å². The summed E-state index contributed by atoms with van der Waals surface area (Å²) in [6, 6.07) is 51.6. The Hall–Kier alpha value is -7.40. The minimum Gasteiger partial charge on any atom is -0.509 e. The summed E-state index contributed by atoms with van der Waals surface area (Å²) in [4.78, 5) is 8.89. The summed E-state index contributed by atoms with van der Waals surface area (Å²) in [5, 5.41) is 3.82. The van der Waals surface area contributed by atoms with Crippen molar-refractivity contribution in [3.05, 3.63) is 211 Å². The minimum atomic E-state index is -0.448. The molecule has 0 saturated heterocycles. The van der Waals surface area contributed by atoms with Crippen LogP contribution in [0.25, 0.3) is 71.8 Å². The Kier molecular flexibility index (Phi) is 10.1. The number of rotatable bonds is 7. The number of benzene rings is 8. The molecule has 4 heterocycles. The molecule has 0 aliphatic carbocycles. The van der Waals surface area contributed by atoms with Gasteiger partial charge >= 0.3 is 0 Å². The molecule has 1 aliphatic heterocycles. The predicted octanol–water partition coefficient (Wildman–Crippen LogP) is 18.1. The summed E-state index contributed by atoms with van der Waals surface area (Å²) in [5.74, 6) is 1.46. The van der Waals surface area contributed by atoms with Crippen LogP contribution in [0, 0.1) is 18.8 Å². The first-order chi connectivity index (χ1) is 37.0. The van der Waals surface area contributed by atoms with Crippen molar-refractivity contribution in [1.29, 1.82) is 0 Å². The fourth-order valence-electron chi connectivity index (χ4n) is 9.92. The summed E-state index contributed by atoms with van der Waals surface area (Å²) < 4.78 is 68.8. The molecule has 8 aromatic carbocycles. The van der Waals surface area contributed by atoms with E-state index in [0.29, 0.717) is 39.8 Å². The van der Waals surface area contributed by atoms with Gasteiger partial charge in [-0.3, -0.25) is 0 Å². The van der Waals surface area contributed by atoms with Crippen LogP contribution in [0.5, 0.6) is 11.5 Å². The number of hydrogen-bond donors (Lipinski definition) is 0. The molecule has 0 radical (unpaired) electrons. The van der Waals surface area contributed by atoms with Crippen LogP contribution in [-0.2, 0) is 37.3 Å². The second-order valence-electron chi connectivity index (χ2n) is 21.8. The van der Waals surface area contributed by atoms with Gasteiger partial charge < -0.3 is 23.5 Å². The Morgan fingerprint density at radius 2 is 1.22 bits per heavy atom. The van der Waals surface area contributed by atoms with Gasteiger partial charge in [0.2, 0.25) is 0 Å². The Labute approximate surface area is 451 Å². The average molecular weight is 1140 g/mol. The number of ether oxygens (including phenoxy) is 1. The maximum absolute atomic E-state index is 9.25. The number of nitrogens with zero attached hydrogens (tertiary/aromatic N) is 4. The van der Waals surface area contributed by atoms with E-state index in [9.17, 15) is 2.74 Å². The molecule has 0 saturated carbocycles. The number of furan rings is 1. The summed E-state index contributed by atoms with van der Waals surface area (Å²) >= 11 is 0. The first kappa shape index (κ1) is 41.1. The summed E-state index contributed by atoms with van der Waals surface area (Å²) in [6.07, 6.45) is 0.160. The number of fused-ring (bicyclic) bond motifs is 8. The molecule has 0 fully saturated rings. The zero-order valence-electron chi connectivity index (χ0n) is 48.3. The first-order valence-electron chi connectivity index (χ1n) is 27.4. The second kappa shape index (κ2) is 18.0. The van der Waals surface area contributed by atoms with E-state index in [4.69, 9.17) is 19.6 Å². The van der Waals surface area contributed by atoms with E-state index in [2.05, 4.69) is 122 Å². The van der Waals surface area contributed by atoms with Crippen molar-refractivity contribution in [2.24, 2.45) is 0 Å². The first-order valence-corrected chi connectivity index (χ1v) is 24.4. The largest absolute Gasteiger partial charge is 0.509 e. The second-order valence-corrected chi connectivity index (χ2v) is 21.8. The van der Waals surface area contributed by atoms with Crippen LogP contribution in [0.3, 0.4) is 0 Å². The molecule has 73 heavy (non-hydrogen) atoms. The molecule has 6 nitrogen and oxygen atoms in total. The Morgan fingerprint density at radius 1 is 0.575 bits per heavy atom. The molecule has 7 heteroatoms. The van der Waals surface area contributed by atoms with Crippen molar-refractivity contribution in [3.63, 3.8) is 0 Å². The van der Waals surface area contributed by atoms with Gasteiger partial charge in [0.15, 0.2) is 0 Å². The van der Waals surface area contributed by atoms with Crippen molar-refractivity contribution in [1.82, 2.24) is 9.55 Å². The Balaban J connectivity index is 0.00000660. The molecule has 0 N–H and O–H groups in total. The average Bonchev–Trinajstić information content (AvgIpc) is 4.04. The number of para-hydroxylation sites is 4. The van der Waals surface area contributed by atoms with E-state index < -0.39 is 18.1 Å². The smallest absolute Gasteiger partial charge is 0.135 e. The number of anilines is 4. The van der Waals surface area contributed by atoms with Crippen LogP contribution >= 0.6 is 0 Å². The summed E-state index contributed by atoms with van der Waals surface area (Å²) in [6.45, 7) is 21.6. The fourth-order valence-corrected chi connectivity index (χ4v) is 9.92. The SMILES string of the molecule is [2H]c1cc(C(C)(C)C)cc(-n2c3[c-]c(Oc4[c-]c(N5[CH-]N(c6c(-c7cc(C(C)(C)C)cc(C(C)(C)C)c7)cccc6-c6c([2H])c([2H])c([2H])c([2H])c6[2H])c6ccccc65)ccc4)ccc3c3c4oc5ccccc5c4ccc32)n1.[Pt]. The molecule has 3 aromatic heterocycles. The molecule has 366 valence electrons. The van der Waals surface area contributed by atoms with Crippen LogP contribution in [0.4, 0.5) is 22.7 Å². The number of hydrogen-bond acceptors (Lipinski definition) is 5. The molecule has 12 rings (SSSR count). The number of pyridine rings is 1. The molecule has 0 amide bonds. The Morgan fingerprint density at radius 3 is 1.95 bits per heavy atom. The normalized spacial score (nSPS) is 14.2. The van der Waals surface area contributed by atoms with Crippen LogP contribution in [0.2, 0.25) is 0 Å².